The summed E-state index contributed by atoms with van der Waals surface area (Å²) in [7, 11) is 1.57. The summed E-state index contributed by atoms with van der Waals surface area (Å²) < 4.78 is 5.24. The summed E-state index contributed by atoms with van der Waals surface area (Å²) in [5.74, 6) is 0.129. The third kappa shape index (κ3) is 3.30. The second kappa shape index (κ2) is 7.64. The molecule has 3 nitrogen and oxygen atoms in total. The van der Waals surface area contributed by atoms with Crippen molar-refractivity contribution in [1.82, 2.24) is 5.32 Å². The average molecular weight is 297 g/mol. The van der Waals surface area contributed by atoms with Crippen molar-refractivity contribution in [3.63, 3.8) is 0 Å². The fourth-order valence-corrected chi connectivity index (χ4v) is 2.67. The molecule has 2 aromatic carbocycles. The van der Waals surface area contributed by atoms with Gasteiger partial charge in [-0.05, 0) is 22.3 Å². The summed E-state index contributed by atoms with van der Waals surface area (Å²) in [6.45, 7) is 4.62. The largest absolute Gasteiger partial charge is 0.449 e. The van der Waals surface area contributed by atoms with Gasteiger partial charge in [0.15, 0.2) is 0 Å². The molecular weight excluding hydrogens is 274 g/mol. The number of hydrogen-bond acceptors (Lipinski definition) is 2. The van der Waals surface area contributed by atoms with Crippen LogP contribution in [0, 0.1) is 0 Å². The number of rotatable bonds is 2. The molecular formula is C19H23NO2. The van der Waals surface area contributed by atoms with Gasteiger partial charge in [0.1, 0.15) is 6.61 Å². The van der Waals surface area contributed by atoms with Crippen molar-refractivity contribution >= 4 is 6.09 Å². The van der Waals surface area contributed by atoms with Crippen molar-refractivity contribution in [2.45, 2.75) is 26.2 Å². The van der Waals surface area contributed by atoms with Gasteiger partial charge in [-0.3, -0.25) is 0 Å². The highest BCUT2D eigenvalue weighted by Gasteiger charge is 2.28. The SMILES string of the molecule is CCC.CNC(=O)OCC1c2ccccc2-c2ccccc21. The van der Waals surface area contributed by atoms with Crippen molar-refractivity contribution in [3.05, 3.63) is 59.7 Å². The molecule has 22 heavy (non-hydrogen) atoms. The smallest absolute Gasteiger partial charge is 0.406 e. The van der Waals surface area contributed by atoms with Crippen LogP contribution in [0.4, 0.5) is 4.79 Å². The zero-order valence-electron chi connectivity index (χ0n) is 13.4. The summed E-state index contributed by atoms with van der Waals surface area (Å²) in [5.41, 5.74) is 4.94. The quantitative estimate of drug-likeness (QED) is 0.881. The summed E-state index contributed by atoms with van der Waals surface area (Å²) in [6.07, 6.45) is 0.863. The number of alkyl carbamates (subject to hydrolysis) is 1. The lowest BCUT2D eigenvalue weighted by molar-refractivity contribution is 0.145. The zero-order chi connectivity index (χ0) is 15.9. The van der Waals surface area contributed by atoms with Crippen molar-refractivity contribution in [3.8, 4) is 11.1 Å². The first-order valence-corrected chi connectivity index (χ1v) is 7.75. The fourth-order valence-electron chi connectivity index (χ4n) is 2.67. The van der Waals surface area contributed by atoms with E-state index in [2.05, 4.69) is 43.4 Å². The van der Waals surface area contributed by atoms with Crippen LogP contribution in [-0.4, -0.2) is 19.7 Å². The fraction of sp³-hybridized carbons (Fsp3) is 0.316. The van der Waals surface area contributed by atoms with Gasteiger partial charge in [0.2, 0.25) is 0 Å². The van der Waals surface area contributed by atoms with E-state index in [-0.39, 0.29) is 12.0 Å². The Morgan fingerprint density at radius 2 is 1.45 bits per heavy atom. The van der Waals surface area contributed by atoms with E-state index in [4.69, 9.17) is 4.74 Å². The maximum Gasteiger partial charge on any atom is 0.406 e. The van der Waals surface area contributed by atoms with E-state index in [1.165, 1.54) is 28.7 Å². The summed E-state index contributed by atoms with van der Waals surface area (Å²) in [4.78, 5) is 11.3. The monoisotopic (exact) mass is 297 g/mol. The molecule has 1 aliphatic rings. The van der Waals surface area contributed by atoms with Gasteiger partial charge in [-0.1, -0.05) is 68.8 Å². The van der Waals surface area contributed by atoms with Gasteiger partial charge >= 0.3 is 6.09 Å². The molecule has 2 aromatic rings. The molecule has 3 rings (SSSR count). The minimum absolute atomic E-state index is 0.129. The lowest BCUT2D eigenvalue weighted by Crippen LogP contribution is -2.21. The van der Waals surface area contributed by atoms with Crippen LogP contribution in [0.5, 0.6) is 0 Å². The van der Waals surface area contributed by atoms with Crippen LogP contribution in [-0.2, 0) is 4.74 Å². The molecule has 0 atom stereocenters. The van der Waals surface area contributed by atoms with Crippen molar-refractivity contribution in [2.24, 2.45) is 0 Å². The maximum atomic E-state index is 11.3. The van der Waals surface area contributed by atoms with E-state index >= 15 is 0 Å². The molecule has 0 aliphatic heterocycles. The number of amides is 1. The van der Waals surface area contributed by atoms with E-state index in [0.29, 0.717) is 6.61 Å². The minimum atomic E-state index is -0.387. The van der Waals surface area contributed by atoms with E-state index < -0.39 is 0 Å². The second-order valence-corrected chi connectivity index (χ2v) is 5.28. The Morgan fingerprint density at radius 1 is 1.00 bits per heavy atom. The van der Waals surface area contributed by atoms with Gasteiger partial charge in [-0.25, -0.2) is 4.79 Å². The van der Waals surface area contributed by atoms with Gasteiger partial charge in [0.05, 0.1) is 0 Å². The molecule has 0 saturated heterocycles. The number of benzene rings is 2. The van der Waals surface area contributed by atoms with Crippen molar-refractivity contribution < 1.29 is 9.53 Å². The highest BCUT2D eigenvalue weighted by molar-refractivity contribution is 5.79. The summed E-state index contributed by atoms with van der Waals surface area (Å²) in [6, 6.07) is 16.6. The van der Waals surface area contributed by atoms with E-state index in [0.717, 1.165) is 0 Å². The van der Waals surface area contributed by atoms with Gasteiger partial charge in [0.25, 0.3) is 0 Å². The first-order valence-electron chi connectivity index (χ1n) is 7.75. The first kappa shape index (κ1) is 16.1. The average Bonchev–Trinajstić information content (AvgIpc) is 2.87. The molecule has 0 saturated carbocycles. The van der Waals surface area contributed by atoms with Crippen LogP contribution in [0.3, 0.4) is 0 Å². The van der Waals surface area contributed by atoms with E-state index in [9.17, 15) is 4.79 Å². The molecule has 116 valence electrons. The Bertz CT molecular complexity index is 591. The molecule has 0 aromatic heterocycles. The number of carbonyl (C=O) groups excluding carboxylic acids is 1. The normalized spacial score (nSPS) is 11.8. The Balaban J connectivity index is 0.000000545. The Labute approximate surface area is 132 Å². The van der Waals surface area contributed by atoms with Crippen LogP contribution in [0.15, 0.2) is 48.5 Å². The van der Waals surface area contributed by atoms with Crippen LogP contribution in [0.2, 0.25) is 0 Å². The summed E-state index contributed by atoms with van der Waals surface area (Å²) >= 11 is 0. The molecule has 0 radical (unpaired) electrons. The second-order valence-electron chi connectivity index (χ2n) is 5.28. The third-order valence-electron chi connectivity index (χ3n) is 3.55. The van der Waals surface area contributed by atoms with E-state index in [1.807, 2.05) is 24.3 Å². The molecule has 1 aliphatic carbocycles. The zero-order valence-corrected chi connectivity index (χ0v) is 13.4. The highest BCUT2D eigenvalue weighted by atomic mass is 16.5. The third-order valence-corrected chi connectivity index (χ3v) is 3.55. The van der Waals surface area contributed by atoms with Crippen LogP contribution < -0.4 is 5.32 Å². The molecule has 0 fully saturated rings. The molecule has 0 spiro atoms. The van der Waals surface area contributed by atoms with Crippen LogP contribution in [0.1, 0.15) is 37.3 Å². The van der Waals surface area contributed by atoms with Crippen LogP contribution in [0.25, 0.3) is 11.1 Å². The van der Waals surface area contributed by atoms with Crippen molar-refractivity contribution in [2.75, 3.05) is 13.7 Å². The standard InChI is InChI=1S/C16H15NO2.C3H8/c1-17-16(18)19-10-15-13-8-4-2-6-11(13)12-7-3-5-9-14(12)15;1-3-2/h2-9,15H,10H2,1H3,(H,17,18);3H2,1-2H3. The van der Waals surface area contributed by atoms with Crippen molar-refractivity contribution in [1.29, 1.82) is 0 Å². The Morgan fingerprint density at radius 3 is 1.91 bits per heavy atom. The Kier molecular flexibility index (Phi) is 5.59. The van der Waals surface area contributed by atoms with Gasteiger partial charge in [0, 0.05) is 13.0 Å². The van der Waals surface area contributed by atoms with Gasteiger partial charge in [-0.15, -0.1) is 0 Å². The molecule has 0 heterocycles. The number of hydrogen-bond donors (Lipinski definition) is 1. The minimum Gasteiger partial charge on any atom is -0.449 e. The highest BCUT2D eigenvalue weighted by Crippen LogP contribution is 2.44. The maximum absolute atomic E-state index is 11.3. The summed E-state index contributed by atoms with van der Waals surface area (Å²) in [5, 5.41) is 2.48. The molecule has 0 unspecified atom stereocenters. The predicted molar refractivity (Wildman–Crippen MR) is 90.1 cm³/mol. The first-order chi connectivity index (χ1) is 10.7. The van der Waals surface area contributed by atoms with E-state index in [1.54, 1.807) is 7.05 Å². The molecule has 1 N–H and O–H groups in total. The molecule has 0 bridgehead atoms. The lowest BCUT2D eigenvalue weighted by Gasteiger charge is -2.13. The Hall–Kier alpha value is -2.29. The lowest BCUT2D eigenvalue weighted by atomic mass is 9.98. The number of fused-ring (bicyclic) bond motifs is 3. The molecule has 3 heteroatoms. The van der Waals surface area contributed by atoms with Gasteiger partial charge in [-0.2, -0.15) is 0 Å². The topological polar surface area (TPSA) is 38.3 Å². The van der Waals surface area contributed by atoms with Crippen LogP contribution >= 0.6 is 0 Å². The number of carbonyl (C=O) groups is 1. The molecule has 1 amide bonds. The number of nitrogens with one attached hydrogen (secondary N) is 1. The van der Waals surface area contributed by atoms with Gasteiger partial charge < -0.3 is 10.1 Å². The number of ether oxygens (including phenoxy) is 1. The predicted octanol–water partition coefficient (Wildman–Crippen LogP) is 4.57.